The van der Waals surface area contributed by atoms with Crippen LogP contribution in [0.4, 0.5) is 0 Å². The molecule has 1 fully saturated rings. The van der Waals surface area contributed by atoms with E-state index in [2.05, 4.69) is 10.2 Å². The summed E-state index contributed by atoms with van der Waals surface area (Å²) in [6.45, 7) is 5.56. The molecule has 1 aromatic carbocycles. The van der Waals surface area contributed by atoms with Crippen molar-refractivity contribution in [3.05, 3.63) is 40.8 Å². The SMILES string of the molecule is CCCCn1c(S[C@H](C)C(=O)N2CCN(S(=O)(=O)c3ccccc3)CC2)n[nH]c1=O. The van der Waals surface area contributed by atoms with Crippen LogP contribution in [0.2, 0.25) is 0 Å². The van der Waals surface area contributed by atoms with Crippen LogP contribution in [0.25, 0.3) is 0 Å². The van der Waals surface area contributed by atoms with E-state index in [4.69, 9.17) is 0 Å². The molecule has 0 aliphatic carbocycles. The molecule has 0 radical (unpaired) electrons. The maximum atomic E-state index is 12.9. The maximum absolute atomic E-state index is 12.9. The molecular formula is C19H27N5O4S2. The zero-order valence-electron chi connectivity index (χ0n) is 17.2. The third-order valence-electron chi connectivity index (χ3n) is 5.02. The van der Waals surface area contributed by atoms with Crippen molar-refractivity contribution in [2.24, 2.45) is 0 Å². The Kier molecular flexibility index (Phi) is 7.37. The fraction of sp³-hybridized carbons (Fsp3) is 0.526. The van der Waals surface area contributed by atoms with Crippen molar-refractivity contribution in [3.63, 3.8) is 0 Å². The number of carbonyl (C=O) groups is 1. The molecule has 3 rings (SSSR count). The number of rotatable bonds is 8. The zero-order valence-corrected chi connectivity index (χ0v) is 18.8. The van der Waals surface area contributed by atoms with Gasteiger partial charge in [0.25, 0.3) is 0 Å². The molecule has 1 aromatic heterocycles. The van der Waals surface area contributed by atoms with Gasteiger partial charge in [-0.1, -0.05) is 43.3 Å². The minimum Gasteiger partial charge on any atom is -0.339 e. The van der Waals surface area contributed by atoms with Gasteiger partial charge in [0.05, 0.1) is 10.1 Å². The summed E-state index contributed by atoms with van der Waals surface area (Å²) < 4.78 is 28.5. The predicted molar refractivity (Wildman–Crippen MR) is 115 cm³/mol. The van der Waals surface area contributed by atoms with E-state index in [1.54, 1.807) is 46.7 Å². The van der Waals surface area contributed by atoms with Crippen molar-refractivity contribution in [2.45, 2.75) is 48.5 Å². The summed E-state index contributed by atoms with van der Waals surface area (Å²) in [5.41, 5.74) is -0.273. The number of piperazine rings is 1. The topological polar surface area (TPSA) is 108 Å². The van der Waals surface area contributed by atoms with E-state index in [0.717, 1.165) is 12.8 Å². The molecule has 2 aromatic rings. The molecular weight excluding hydrogens is 426 g/mol. The normalized spacial score (nSPS) is 16.5. The van der Waals surface area contributed by atoms with Gasteiger partial charge in [0.1, 0.15) is 0 Å². The highest BCUT2D eigenvalue weighted by Crippen LogP contribution is 2.23. The number of nitrogens with one attached hydrogen (secondary N) is 1. The third kappa shape index (κ3) is 4.96. The molecule has 9 nitrogen and oxygen atoms in total. The van der Waals surface area contributed by atoms with Crippen LogP contribution in [0.5, 0.6) is 0 Å². The van der Waals surface area contributed by atoms with E-state index in [-0.39, 0.29) is 29.6 Å². The first-order valence-corrected chi connectivity index (χ1v) is 12.3. The van der Waals surface area contributed by atoms with Crippen LogP contribution in [-0.2, 0) is 21.4 Å². The Morgan fingerprint density at radius 2 is 1.87 bits per heavy atom. The monoisotopic (exact) mass is 453 g/mol. The van der Waals surface area contributed by atoms with Gasteiger partial charge in [-0.05, 0) is 25.5 Å². The van der Waals surface area contributed by atoms with Crippen LogP contribution in [0, 0.1) is 0 Å². The summed E-state index contributed by atoms with van der Waals surface area (Å²) in [4.78, 5) is 26.7. The summed E-state index contributed by atoms with van der Waals surface area (Å²) >= 11 is 1.24. The van der Waals surface area contributed by atoms with Gasteiger partial charge < -0.3 is 4.90 Å². The molecule has 1 atom stereocenters. The standard InChI is InChI=1S/C19H27N5O4S2/c1-3-4-10-24-18(26)20-21-19(24)29-15(2)17(25)22-11-13-23(14-12-22)30(27,28)16-8-6-5-7-9-16/h5-9,15H,3-4,10-14H2,1-2H3,(H,20,26)/t15-/m1/s1. The number of nitrogens with zero attached hydrogens (tertiary/aromatic N) is 4. The molecule has 0 unspecified atom stereocenters. The lowest BCUT2D eigenvalue weighted by atomic mass is 10.3. The van der Waals surface area contributed by atoms with E-state index >= 15 is 0 Å². The predicted octanol–water partition coefficient (Wildman–Crippen LogP) is 1.39. The summed E-state index contributed by atoms with van der Waals surface area (Å²) in [6, 6.07) is 8.32. The van der Waals surface area contributed by atoms with Gasteiger partial charge in [0.2, 0.25) is 15.9 Å². The van der Waals surface area contributed by atoms with Crippen LogP contribution < -0.4 is 5.69 Å². The van der Waals surface area contributed by atoms with Gasteiger partial charge in [0.15, 0.2) is 5.16 Å². The maximum Gasteiger partial charge on any atom is 0.343 e. The molecule has 164 valence electrons. The van der Waals surface area contributed by atoms with E-state index in [0.29, 0.717) is 24.8 Å². The summed E-state index contributed by atoms with van der Waals surface area (Å²) in [5.74, 6) is -0.0887. The number of thioether (sulfide) groups is 1. The van der Waals surface area contributed by atoms with E-state index in [1.807, 2.05) is 6.92 Å². The molecule has 1 amide bonds. The van der Waals surface area contributed by atoms with Crippen LogP contribution in [-0.4, -0.2) is 69.7 Å². The number of unbranched alkanes of at least 4 members (excludes halogenated alkanes) is 1. The Labute approximate surface area is 180 Å². The van der Waals surface area contributed by atoms with Crippen LogP contribution >= 0.6 is 11.8 Å². The second-order valence-electron chi connectivity index (χ2n) is 7.12. The first-order valence-electron chi connectivity index (χ1n) is 10.0. The van der Waals surface area contributed by atoms with Crippen LogP contribution in [0.15, 0.2) is 45.2 Å². The molecule has 1 aliphatic heterocycles. The third-order valence-corrected chi connectivity index (χ3v) is 8.01. The molecule has 11 heteroatoms. The highest BCUT2D eigenvalue weighted by atomic mass is 32.2. The minimum atomic E-state index is -3.55. The number of aromatic amines is 1. The average molecular weight is 454 g/mol. The number of hydrogen-bond donors (Lipinski definition) is 1. The molecule has 1 saturated heterocycles. The Morgan fingerprint density at radius 1 is 1.20 bits per heavy atom. The molecule has 0 spiro atoms. The second-order valence-corrected chi connectivity index (χ2v) is 10.4. The molecule has 30 heavy (non-hydrogen) atoms. The fourth-order valence-corrected chi connectivity index (χ4v) is 5.67. The fourth-order valence-electron chi connectivity index (χ4n) is 3.26. The molecule has 0 bridgehead atoms. The zero-order chi connectivity index (χ0) is 21.7. The van der Waals surface area contributed by atoms with Gasteiger partial charge in [-0.15, -0.1) is 5.10 Å². The Bertz CT molecular complexity index is 1010. The van der Waals surface area contributed by atoms with Gasteiger partial charge in [-0.25, -0.2) is 18.3 Å². The van der Waals surface area contributed by atoms with Gasteiger partial charge >= 0.3 is 5.69 Å². The van der Waals surface area contributed by atoms with Crippen LogP contribution in [0.1, 0.15) is 26.7 Å². The van der Waals surface area contributed by atoms with E-state index in [9.17, 15) is 18.0 Å². The Hall–Kier alpha value is -2.11. The lowest BCUT2D eigenvalue weighted by Gasteiger charge is -2.35. The first kappa shape index (κ1) is 22.6. The van der Waals surface area contributed by atoms with Crippen molar-refractivity contribution in [3.8, 4) is 0 Å². The number of carbonyl (C=O) groups excluding carboxylic acids is 1. The minimum absolute atomic E-state index is 0.0887. The van der Waals surface area contributed by atoms with Gasteiger partial charge in [0, 0.05) is 32.7 Å². The average Bonchev–Trinajstić information content (AvgIpc) is 3.11. The number of sulfonamides is 1. The molecule has 1 N–H and O–H groups in total. The number of benzene rings is 1. The smallest absolute Gasteiger partial charge is 0.339 e. The van der Waals surface area contributed by atoms with Gasteiger partial charge in [-0.3, -0.25) is 9.36 Å². The Balaban J connectivity index is 1.60. The van der Waals surface area contributed by atoms with Crippen LogP contribution in [0.3, 0.4) is 0 Å². The number of H-pyrrole nitrogens is 1. The number of aromatic nitrogens is 3. The lowest BCUT2D eigenvalue weighted by molar-refractivity contribution is -0.131. The summed E-state index contributed by atoms with van der Waals surface area (Å²) in [6.07, 6.45) is 1.81. The van der Waals surface area contributed by atoms with E-state index < -0.39 is 15.3 Å². The summed E-state index contributed by atoms with van der Waals surface area (Å²) in [7, 11) is -3.55. The highest BCUT2D eigenvalue weighted by Gasteiger charge is 2.32. The second kappa shape index (κ2) is 9.80. The first-order chi connectivity index (χ1) is 14.3. The largest absolute Gasteiger partial charge is 0.343 e. The lowest BCUT2D eigenvalue weighted by Crippen LogP contribution is -2.52. The van der Waals surface area contributed by atoms with Crippen molar-refractivity contribution in [1.82, 2.24) is 24.0 Å². The van der Waals surface area contributed by atoms with Gasteiger partial charge in [-0.2, -0.15) is 4.31 Å². The van der Waals surface area contributed by atoms with Crippen molar-refractivity contribution >= 4 is 27.7 Å². The molecule has 2 heterocycles. The number of hydrogen-bond acceptors (Lipinski definition) is 6. The van der Waals surface area contributed by atoms with Crippen molar-refractivity contribution in [1.29, 1.82) is 0 Å². The summed E-state index contributed by atoms with van der Waals surface area (Å²) in [5, 5.41) is 6.56. The highest BCUT2D eigenvalue weighted by molar-refractivity contribution is 8.00. The molecule has 1 aliphatic rings. The van der Waals surface area contributed by atoms with Crippen molar-refractivity contribution < 1.29 is 13.2 Å². The Morgan fingerprint density at radius 3 is 2.50 bits per heavy atom. The van der Waals surface area contributed by atoms with Crippen molar-refractivity contribution in [2.75, 3.05) is 26.2 Å². The van der Waals surface area contributed by atoms with E-state index in [1.165, 1.54) is 16.1 Å². The quantitative estimate of drug-likeness (QED) is 0.605. The molecule has 0 saturated carbocycles. The number of amides is 1.